The number of amidine groups is 1. The molecule has 1 aromatic rings. The number of nitrogens with one attached hydrogen (secondary N) is 1. The third-order valence-electron chi connectivity index (χ3n) is 4.13. The number of halogens is 1. The van der Waals surface area contributed by atoms with E-state index in [4.69, 9.17) is 10.9 Å². The second kappa shape index (κ2) is 6.11. The number of anilines is 1. The number of carbonyl (C=O) groups is 1. The van der Waals surface area contributed by atoms with Crippen molar-refractivity contribution in [1.82, 2.24) is 0 Å². The fraction of sp³-hybridized carbons (Fsp3) is 0.467. The first-order valence-electron chi connectivity index (χ1n) is 7.05. The lowest BCUT2D eigenvalue weighted by Crippen LogP contribution is -2.35. The average molecular weight is 293 g/mol. The zero-order valence-corrected chi connectivity index (χ0v) is 12.0. The molecule has 21 heavy (non-hydrogen) atoms. The summed E-state index contributed by atoms with van der Waals surface area (Å²) in [5, 5.41) is 14.0. The Morgan fingerprint density at radius 2 is 2.05 bits per heavy atom. The number of oxime groups is 1. The van der Waals surface area contributed by atoms with Crippen molar-refractivity contribution in [3.05, 3.63) is 29.6 Å². The number of hydrogen-bond donors (Lipinski definition) is 3. The third kappa shape index (κ3) is 3.32. The van der Waals surface area contributed by atoms with Crippen molar-refractivity contribution in [2.75, 3.05) is 5.32 Å². The molecule has 0 saturated heterocycles. The molecule has 0 spiro atoms. The summed E-state index contributed by atoms with van der Waals surface area (Å²) in [6, 6.07) is 4.05. The van der Waals surface area contributed by atoms with Gasteiger partial charge in [0.25, 0.3) is 0 Å². The Hall–Kier alpha value is -2.11. The van der Waals surface area contributed by atoms with E-state index in [2.05, 4.69) is 10.5 Å². The summed E-state index contributed by atoms with van der Waals surface area (Å²) in [5.41, 5.74) is 5.34. The van der Waals surface area contributed by atoms with Crippen LogP contribution in [-0.4, -0.2) is 17.0 Å². The van der Waals surface area contributed by atoms with Gasteiger partial charge >= 0.3 is 0 Å². The minimum atomic E-state index is -0.605. The molecule has 2 rings (SSSR count). The normalized spacial score (nSPS) is 18.3. The standard InChI is InChI=1S/C15H20FN3O2/c1-15(7-3-2-4-8-15)14(20)18-12-6-5-10(9-11(12)16)13(17)19-21/h5-6,9,21H,2-4,7-8H2,1H3,(H2,17,19)(H,18,20). The zero-order valence-electron chi connectivity index (χ0n) is 12.0. The molecule has 0 bridgehead atoms. The molecule has 4 N–H and O–H groups in total. The molecule has 0 atom stereocenters. The van der Waals surface area contributed by atoms with Gasteiger partial charge in [-0.2, -0.15) is 0 Å². The van der Waals surface area contributed by atoms with E-state index < -0.39 is 11.2 Å². The highest BCUT2D eigenvalue weighted by Crippen LogP contribution is 2.36. The Balaban J connectivity index is 2.14. The van der Waals surface area contributed by atoms with Crippen LogP contribution < -0.4 is 11.1 Å². The molecular formula is C15H20FN3O2. The summed E-state index contributed by atoms with van der Waals surface area (Å²) in [7, 11) is 0. The van der Waals surface area contributed by atoms with Gasteiger partial charge < -0.3 is 16.3 Å². The predicted molar refractivity (Wildman–Crippen MR) is 78.7 cm³/mol. The van der Waals surface area contributed by atoms with Crippen LogP contribution in [0, 0.1) is 11.2 Å². The summed E-state index contributed by atoms with van der Waals surface area (Å²) in [6.45, 7) is 1.92. The van der Waals surface area contributed by atoms with Crippen molar-refractivity contribution >= 4 is 17.4 Å². The highest BCUT2D eigenvalue weighted by molar-refractivity contribution is 5.98. The van der Waals surface area contributed by atoms with E-state index in [9.17, 15) is 9.18 Å². The number of nitrogens with zero attached hydrogens (tertiary/aromatic N) is 1. The van der Waals surface area contributed by atoms with Crippen molar-refractivity contribution in [3.63, 3.8) is 0 Å². The van der Waals surface area contributed by atoms with Gasteiger partial charge in [-0.25, -0.2) is 4.39 Å². The van der Waals surface area contributed by atoms with E-state index in [-0.39, 0.29) is 23.0 Å². The molecule has 1 amide bonds. The van der Waals surface area contributed by atoms with Crippen LogP contribution in [0.25, 0.3) is 0 Å². The molecule has 5 nitrogen and oxygen atoms in total. The van der Waals surface area contributed by atoms with Crippen LogP contribution in [0.1, 0.15) is 44.6 Å². The molecule has 0 heterocycles. The van der Waals surface area contributed by atoms with Gasteiger partial charge in [-0.05, 0) is 31.0 Å². The van der Waals surface area contributed by atoms with Crippen molar-refractivity contribution in [1.29, 1.82) is 0 Å². The fourth-order valence-corrected chi connectivity index (χ4v) is 2.67. The molecule has 1 aliphatic rings. The highest BCUT2D eigenvalue weighted by atomic mass is 19.1. The Bertz CT molecular complexity index is 566. The van der Waals surface area contributed by atoms with Gasteiger partial charge in [0, 0.05) is 11.0 Å². The maximum atomic E-state index is 14.0. The van der Waals surface area contributed by atoms with Gasteiger partial charge in [0.05, 0.1) is 5.69 Å². The van der Waals surface area contributed by atoms with E-state index in [0.717, 1.165) is 38.2 Å². The average Bonchev–Trinajstić information content (AvgIpc) is 2.49. The summed E-state index contributed by atoms with van der Waals surface area (Å²) in [4.78, 5) is 12.4. The Morgan fingerprint density at radius 3 is 2.62 bits per heavy atom. The highest BCUT2D eigenvalue weighted by Gasteiger charge is 2.34. The first-order chi connectivity index (χ1) is 9.96. The second-order valence-electron chi connectivity index (χ2n) is 5.76. The van der Waals surface area contributed by atoms with Crippen LogP contribution in [0.5, 0.6) is 0 Å². The lowest BCUT2D eigenvalue weighted by Gasteiger charge is -2.32. The van der Waals surface area contributed by atoms with Crippen LogP contribution >= 0.6 is 0 Å². The summed E-state index contributed by atoms with van der Waals surface area (Å²) in [5.74, 6) is -0.935. The maximum absolute atomic E-state index is 14.0. The number of amides is 1. The smallest absolute Gasteiger partial charge is 0.230 e. The van der Waals surface area contributed by atoms with E-state index in [1.807, 2.05) is 6.92 Å². The van der Waals surface area contributed by atoms with E-state index in [1.165, 1.54) is 12.1 Å². The number of rotatable bonds is 3. The van der Waals surface area contributed by atoms with Crippen molar-refractivity contribution in [2.45, 2.75) is 39.0 Å². The van der Waals surface area contributed by atoms with Gasteiger partial charge in [-0.3, -0.25) is 4.79 Å². The molecule has 1 saturated carbocycles. The number of hydrogen-bond acceptors (Lipinski definition) is 3. The zero-order chi connectivity index (χ0) is 15.5. The largest absolute Gasteiger partial charge is 0.409 e. The van der Waals surface area contributed by atoms with E-state index >= 15 is 0 Å². The first-order valence-corrected chi connectivity index (χ1v) is 7.05. The summed E-state index contributed by atoms with van der Waals surface area (Å²) in [6.07, 6.45) is 4.83. The lowest BCUT2D eigenvalue weighted by molar-refractivity contribution is -0.126. The van der Waals surface area contributed by atoms with Gasteiger partial charge in [-0.15, -0.1) is 0 Å². The molecule has 1 aromatic carbocycles. The molecule has 1 fully saturated rings. The van der Waals surface area contributed by atoms with Crippen LogP contribution in [0.3, 0.4) is 0 Å². The van der Waals surface area contributed by atoms with Gasteiger partial charge in [0.1, 0.15) is 5.82 Å². The lowest BCUT2D eigenvalue weighted by atomic mass is 9.75. The number of carbonyl (C=O) groups excluding carboxylic acids is 1. The van der Waals surface area contributed by atoms with Gasteiger partial charge in [0.2, 0.25) is 5.91 Å². The quantitative estimate of drug-likeness (QED) is 0.346. The van der Waals surface area contributed by atoms with E-state index in [1.54, 1.807) is 0 Å². The van der Waals surface area contributed by atoms with Crippen molar-refractivity contribution in [3.8, 4) is 0 Å². The van der Waals surface area contributed by atoms with Crippen LogP contribution in [0.4, 0.5) is 10.1 Å². The number of nitrogens with two attached hydrogens (primary N) is 1. The molecule has 1 aliphatic carbocycles. The van der Waals surface area contributed by atoms with Gasteiger partial charge in [-0.1, -0.05) is 31.3 Å². The summed E-state index contributed by atoms with van der Waals surface area (Å²) < 4.78 is 14.0. The van der Waals surface area contributed by atoms with Crippen molar-refractivity contribution in [2.24, 2.45) is 16.3 Å². The third-order valence-corrected chi connectivity index (χ3v) is 4.13. The summed E-state index contributed by atoms with van der Waals surface area (Å²) >= 11 is 0. The molecule has 0 unspecified atom stereocenters. The van der Waals surface area contributed by atoms with Crippen molar-refractivity contribution < 1.29 is 14.4 Å². The first kappa shape index (κ1) is 15.3. The molecule has 0 aliphatic heterocycles. The molecule has 114 valence electrons. The second-order valence-corrected chi connectivity index (χ2v) is 5.76. The topological polar surface area (TPSA) is 87.7 Å². The Morgan fingerprint density at radius 1 is 1.38 bits per heavy atom. The fourth-order valence-electron chi connectivity index (χ4n) is 2.67. The van der Waals surface area contributed by atoms with Crippen LogP contribution in [-0.2, 0) is 4.79 Å². The molecule has 0 radical (unpaired) electrons. The minimum Gasteiger partial charge on any atom is -0.409 e. The maximum Gasteiger partial charge on any atom is 0.230 e. The van der Waals surface area contributed by atoms with E-state index in [0.29, 0.717) is 0 Å². The molecule has 6 heteroatoms. The minimum absolute atomic E-state index is 0.112. The molecular weight excluding hydrogens is 273 g/mol. The van der Waals surface area contributed by atoms with Crippen LogP contribution in [0.15, 0.2) is 23.4 Å². The predicted octanol–water partition coefficient (Wildman–Crippen LogP) is 2.83. The monoisotopic (exact) mass is 293 g/mol. The molecule has 0 aromatic heterocycles. The number of benzene rings is 1. The van der Waals surface area contributed by atoms with Gasteiger partial charge in [0.15, 0.2) is 5.84 Å². The Kier molecular flexibility index (Phi) is 4.45. The Labute approximate surface area is 123 Å². The van der Waals surface area contributed by atoms with Crippen LogP contribution in [0.2, 0.25) is 0 Å². The SMILES string of the molecule is CC1(C(=O)Nc2ccc(/C(N)=N/O)cc2F)CCCCC1.